The number of nitrogens with one attached hydrogen (secondary N) is 1. The Balaban J connectivity index is 1.43. The van der Waals surface area contributed by atoms with Gasteiger partial charge in [-0.25, -0.2) is 0 Å². The van der Waals surface area contributed by atoms with Crippen LogP contribution in [0.3, 0.4) is 0 Å². The molecule has 0 aromatic heterocycles. The Hall–Kier alpha value is -2.86. The third-order valence-corrected chi connectivity index (χ3v) is 7.57. The second-order valence-electron chi connectivity index (χ2n) is 9.64. The van der Waals surface area contributed by atoms with Gasteiger partial charge in [0.25, 0.3) is 5.91 Å². The Morgan fingerprint density at radius 3 is 2.06 bits per heavy atom. The molecule has 2 N–H and O–H groups in total. The lowest BCUT2D eigenvalue weighted by Gasteiger charge is -2.58. The maximum absolute atomic E-state index is 13.4. The van der Waals surface area contributed by atoms with E-state index in [1.807, 2.05) is 18.2 Å². The van der Waals surface area contributed by atoms with Gasteiger partial charge >= 0.3 is 0 Å². The highest BCUT2D eigenvalue weighted by molar-refractivity contribution is 6.11. The van der Waals surface area contributed by atoms with Crippen molar-refractivity contribution < 1.29 is 24.2 Å². The summed E-state index contributed by atoms with van der Waals surface area (Å²) in [5.41, 5.74) is 0.706. The van der Waals surface area contributed by atoms with Crippen molar-refractivity contribution in [2.75, 3.05) is 14.2 Å². The van der Waals surface area contributed by atoms with E-state index in [9.17, 15) is 14.7 Å². The van der Waals surface area contributed by atoms with Crippen molar-refractivity contribution in [3.05, 3.63) is 59.2 Å². The molecule has 0 aliphatic heterocycles. The van der Waals surface area contributed by atoms with E-state index < -0.39 is 5.60 Å². The Morgan fingerprint density at radius 1 is 0.938 bits per heavy atom. The van der Waals surface area contributed by atoms with Gasteiger partial charge in [0.2, 0.25) is 0 Å². The smallest absolute Gasteiger partial charge is 0.259 e. The number of rotatable bonds is 6. The van der Waals surface area contributed by atoms with Crippen LogP contribution in [0.1, 0.15) is 58.4 Å². The van der Waals surface area contributed by atoms with E-state index in [1.165, 1.54) is 14.2 Å². The van der Waals surface area contributed by atoms with Crippen LogP contribution < -0.4 is 14.8 Å². The van der Waals surface area contributed by atoms with E-state index >= 15 is 0 Å². The van der Waals surface area contributed by atoms with Crippen molar-refractivity contribution in [3.63, 3.8) is 0 Å². The van der Waals surface area contributed by atoms with Crippen LogP contribution in [0.25, 0.3) is 0 Å². The summed E-state index contributed by atoms with van der Waals surface area (Å²) in [5, 5.41) is 14.1. The molecule has 0 heterocycles. The standard InChI is InChI=1S/C26H29NO5/c1-31-20-10-17(24(28)16-6-4-3-5-7-16)11-21(32-2)22(20)25(29)27-23-18-8-15-9-19(23)14-26(30,12-15)13-18/h3-7,10-11,15,18-19,23,30H,8-9,12-14H2,1-2H3,(H,27,29). The SMILES string of the molecule is COc1cc(C(=O)c2ccccc2)cc(OC)c1C(=O)NC1C2CC3CC1CC(O)(C3)C2. The molecule has 6 rings (SSSR count). The first kappa shape index (κ1) is 21.0. The van der Waals surface area contributed by atoms with E-state index in [4.69, 9.17) is 9.47 Å². The molecule has 4 saturated carbocycles. The minimum Gasteiger partial charge on any atom is -0.496 e. The average Bonchev–Trinajstić information content (AvgIpc) is 2.79. The highest BCUT2D eigenvalue weighted by Gasteiger charge is 2.55. The van der Waals surface area contributed by atoms with E-state index in [0.29, 0.717) is 45.9 Å². The molecule has 168 valence electrons. The summed E-state index contributed by atoms with van der Waals surface area (Å²) < 4.78 is 11.1. The molecule has 6 heteroatoms. The Morgan fingerprint density at radius 2 is 1.53 bits per heavy atom. The van der Waals surface area contributed by atoms with Gasteiger partial charge in [-0.3, -0.25) is 9.59 Å². The van der Waals surface area contributed by atoms with Crippen molar-refractivity contribution >= 4 is 11.7 Å². The van der Waals surface area contributed by atoms with Crippen molar-refractivity contribution in [2.24, 2.45) is 17.8 Å². The van der Waals surface area contributed by atoms with Crippen LogP contribution in [0.5, 0.6) is 11.5 Å². The molecular formula is C26H29NO5. The topological polar surface area (TPSA) is 84.9 Å². The van der Waals surface area contributed by atoms with Gasteiger partial charge in [-0.15, -0.1) is 0 Å². The molecule has 4 fully saturated rings. The highest BCUT2D eigenvalue weighted by atomic mass is 16.5. The predicted molar refractivity (Wildman–Crippen MR) is 119 cm³/mol. The van der Waals surface area contributed by atoms with Gasteiger partial charge in [0, 0.05) is 17.2 Å². The average molecular weight is 436 g/mol. The molecule has 0 spiro atoms. The number of benzene rings is 2. The molecular weight excluding hydrogens is 406 g/mol. The van der Waals surface area contributed by atoms with Crippen LogP contribution in [-0.2, 0) is 0 Å². The van der Waals surface area contributed by atoms with Gasteiger partial charge in [-0.1, -0.05) is 30.3 Å². The maximum atomic E-state index is 13.4. The van der Waals surface area contributed by atoms with Crippen molar-refractivity contribution in [3.8, 4) is 11.5 Å². The summed E-state index contributed by atoms with van der Waals surface area (Å²) in [6, 6.07) is 12.2. The fourth-order valence-electron chi connectivity index (χ4n) is 6.46. The summed E-state index contributed by atoms with van der Waals surface area (Å²) in [6.07, 6.45) is 4.53. The molecule has 2 aromatic rings. The normalized spacial score (nSPS) is 30.1. The number of ether oxygens (including phenoxy) is 2. The van der Waals surface area contributed by atoms with Crippen molar-refractivity contribution in [1.82, 2.24) is 5.32 Å². The molecule has 1 amide bonds. The van der Waals surface area contributed by atoms with Crippen LogP contribution in [-0.4, -0.2) is 42.7 Å². The molecule has 2 aromatic carbocycles. The minimum absolute atomic E-state index is 0.0411. The van der Waals surface area contributed by atoms with Crippen molar-refractivity contribution in [2.45, 2.75) is 43.7 Å². The lowest BCUT2D eigenvalue weighted by molar-refractivity contribution is -0.136. The number of carbonyl (C=O) groups excluding carboxylic acids is 2. The van der Waals surface area contributed by atoms with Crippen LogP contribution >= 0.6 is 0 Å². The van der Waals surface area contributed by atoms with Crippen molar-refractivity contribution in [1.29, 1.82) is 0 Å². The summed E-state index contributed by atoms with van der Waals surface area (Å²) >= 11 is 0. The molecule has 4 aliphatic rings. The molecule has 0 saturated heterocycles. The second kappa shape index (κ2) is 7.93. The van der Waals surface area contributed by atoms with E-state index in [2.05, 4.69) is 5.32 Å². The van der Waals surface area contributed by atoms with Crippen LogP contribution in [0.2, 0.25) is 0 Å². The van der Waals surface area contributed by atoms with E-state index in [-0.39, 0.29) is 17.7 Å². The molecule has 32 heavy (non-hydrogen) atoms. The van der Waals surface area contributed by atoms with Gasteiger partial charge in [-0.2, -0.15) is 0 Å². The largest absolute Gasteiger partial charge is 0.496 e. The van der Waals surface area contributed by atoms with Crippen LogP contribution in [0.4, 0.5) is 0 Å². The number of hydrogen-bond acceptors (Lipinski definition) is 5. The summed E-state index contributed by atoms with van der Waals surface area (Å²) in [7, 11) is 2.97. The Kier molecular flexibility index (Phi) is 5.20. The lowest BCUT2D eigenvalue weighted by atomic mass is 9.52. The van der Waals surface area contributed by atoms with Gasteiger partial charge in [0.05, 0.1) is 19.8 Å². The quantitative estimate of drug-likeness (QED) is 0.678. The second-order valence-corrected chi connectivity index (χ2v) is 9.64. The number of carbonyl (C=O) groups is 2. The number of methoxy groups -OCH3 is 2. The lowest BCUT2D eigenvalue weighted by Crippen LogP contribution is -2.61. The third kappa shape index (κ3) is 3.56. The molecule has 4 aliphatic carbocycles. The third-order valence-electron chi connectivity index (χ3n) is 7.57. The van der Waals surface area contributed by atoms with Gasteiger partial charge in [-0.05, 0) is 62.0 Å². The summed E-state index contributed by atoms with van der Waals surface area (Å²) in [5.74, 6) is 1.35. The molecule has 2 atom stereocenters. The van der Waals surface area contributed by atoms with Crippen LogP contribution in [0.15, 0.2) is 42.5 Å². The van der Waals surface area contributed by atoms with Gasteiger partial charge in [0.1, 0.15) is 17.1 Å². The zero-order valence-electron chi connectivity index (χ0n) is 18.5. The molecule has 4 bridgehead atoms. The minimum atomic E-state index is -0.549. The zero-order chi connectivity index (χ0) is 22.5. The Labute approximate surface area is 187 Å². The monoisotopic (exact) mass is 435 g/mol. The molecule has 6 nitrogen and oxygen atoms in total. The highest BCUT2D eigenvalue weighted by Crippen LogP contribution is 2.55. The fraction of sp³-hybridized carbons (Fsp3) is 0.462. The summed E-state index contributed by atoms with van der Waals surface area (Å²) in [6.45, 7) is 0. The van der Waals surface area contributed by atoms with Gasteiger partial charge < -0.3 is 19.9 Å². The number of ketones is 1. The first-order valence-electron chi connectivity index (χ1n) is 11.3. The van der Waals surface area contributed by atoms with Crippen LogP contribution in [0, 0.1) is 17.8 Å². The number of amides is 1. The zero-order valence-corrected chi connectivity index (χ0v) is 18.5. The van der Waals surface area contributed by atoms with E-state index in [0.717, 1.165) is 32.1 Å². The Bertz CT molecular complexity index is 1010. The maximum Gasteiger partial charge on any atom is 0.259 e. The summed E-state index contributed by atoms with van der Waals surface area (Å²) in [4.78, 5) is 26.4. The van der Waals surface area contributed by atoms with E-state index in [1.54, 1.807) is 24.3 Å². The fourth-order valence-corrected chi connectivity index (χ4v) is 6.46. The molecule has 0 radical (unpaired) electrons. The molecule has 2 unspecified atom stereocenters. The predicted octanol–water partition coefficient (Wildman–Crippen LogP) is 3.60. The first-order valence-corrected chi connectivity index (χ1v) is 11.3. The van der Waals surface area contributed by atoms with Gasteiger partial charge in [0.15, 0.2) is 5.78 Å². The number of hydrogen-bond donors (Lipinski definition) is 2. The first-order chi connectivity index (χ1) is 15.4. The number of aliphatic hydroxyl groups is 1.